The van der Waals surface area contributed by atoms with Gasteiger partial charge in [-0.2, -0.15) is 0 Å². The van der Waals surface area contributed by atoms with Gasteiger partial charge in [0.1, 0.15) is 5.76 Å². The summed E-state index contributed by atoms with van der Waals surface area (Å²) in [5.41, 5.74) is 3.07. The number of rotatable bonds is 7. The zero-order chi connectivity index (χ0) is 17.5. The molecule has 2 aromatic carbocycles. The van der Waals surface area contributed by atoms with E-state index >= 15 is 0 Å². The number of nitrogens with one attached hydrogen (secondary N) is 1. The van der Waals surface area contributed by atoms with E-state index in [9.17, 15) is 4.79 Å². The number of carbonyl (C=O) groups excluding carboxylic acids is 1. The number of nitrogens with zero attached hydrogens (tertiary/aromatic N) is 1. The van der Waals surface area contributed by atoms with Gasteiger partial charge in [-0.25, -0.2) is 0 Å². The van der Waals surface area contributed by atoms with Crippen LogP contribution in [0.1, 0.15) is 16.9 Å². The summed E-state index contributed by atoms with van der Waals surface area (Å²) in [4.78, 5) is 14.6. The van der Waals surface area contributed by atoms with Crippen molar-refractivity contribution < 1.29 is 9.21 Å². The quantitative estimate of drug-likeness (QED) is 0.703. The molecule has 0 saturated carbocycles. The summed E-state index contributed by atoms with van der Waals surface area (Å²) in [5, 5.41) is 2.99. The summed E-state index contributed by atoms with van der Waals surface area (Å²) in [5.74, 6) is 0.816. The van der Waals surface area contributed by atoms with Crippen LogP contribution in [0.2, 0.25) is 0 Å². The molecule has 0 unspecified atom stereocenters. The predicted octanol–water partition coefficient (Wildman–Crippen LogP) is 4.23. The maximum atomic E-state index is 12.5. The van der Waals surface area contributed by atoms with Crippen LogP contribution in [0.5, 0.6) is 0 Å². The monoisotopic (exact) mass is 334 g/mol. The van der Waals surface area contributed by atoms with Gasteiger partial charge in [-0.05, 0) is 36.2 Å². The molecule has 0 aliphatic rings. The van der Waals surface area contributed by atoms with Crippen molar-refractivity contribution in [3.63, 3.8) is 0 Å². The smallest absolute Gasteiger partial charge is 0.238 e. The van der Waals surface area contributed by atoms with Crippen molar-refractivity contribution in [2.24, 2.45) is 0 Å². The number of para-hydroxylation sites is 1. The van der Waals surface area contributed by atoms with Crippen LogP contribution in [-0.2, 0) is 17.9 Å². The third-order valence-corrected chi connectivity index (χ3v) is 3.99. The Bertz CT molecular complexity index is 798. The van der Waals surface area contributed by atoms with Crippen molar-refractivity contribution in [2.45, 2.75) is 20.0 Å². The van der Waals surface area contributed by atoms with Gasteiger partial charge >= 0.3 is 0 Å². The first kappa shape index (κ1) is 17.0. The number of anilines is 1. The first-order chi connectivity index (χ1) is 12.2. The van der Waals surface area contributed by atoms with Gasteiger partial charge in [-0.15, -0.1) is 0 Å². The molecule has 4 heteroatoms. The first-order valence-electron chi connectivity index (χ1n) is 8.35. The van der Waals surface area contributed by atoms with Gasteiger partial charge in [-0.1, -0.05) is 48.5 Å². The van der Waals surface area contributed by atoms with Crippen molar-refractivity contribution in [3.05, 3.63) is 89.9 Å². The van der Waals surface area contributed by atoms with E-state index in [1.54, 1.807) is 6.26 Å². The summed E-state index contributed by atoms with van der Waals surface area (Å²) in [6.07, 6.45) is 1.66. The van der Waals surface area contributed by atoms with Gasteiger partial charge < -0.3 is 9.73 Å². The molecule has 3 rings (SSSR count). The van der Waals surface area contributed by atoms with E-state index in [0.29, 0.717) is 19.6 Å². The second-order valence-corrected chi connectivity index (χ2v) is 6.07. The van der Waals surface area contributed by atoms with Gasteiger partial charge in [0, 0.05) is 12.2 Å². The molecular weight excluding hydrogens is 312 g/mol. The maximum Gasteiger partial charge on any atom is 0.238 e. The Kier molecular flexibility index (Phi) is 5.65. The van der Waals surface area contributed by atoms with E-state index in [1.807, 2.05) is 61.5 Å². The van der Waals surface area contributed by atoms with Crippen molar-refractivity contribution in [2.75, 3.05) is 11.9 Å². The Morgan fingerprint density at radius 2 is 1.72 bits per heavy atom. The third-order valence-electron chi connectivity index (χ3n) is 3.99. The SMILES string of the molecule is Cc1ccccc1NC(=O)CN(Cc1ccccc1)Cc1ccco1. The molecule has 0 atom stereocenters. The lowest BCUT2D eigenvalue weighted by Crippen LogP contribution is -2.32. The molecule has 0 aliphatic carbocycles. The fourth-order valence-electron chi connectivity index (χ4n) is 2.74. The average molecular weight is 334 g/mol. The normalized spacial score (nSPS) is 10.8. The summed E-state index contributed by atoms with van der Waals surface area (Å²) in [6.45, 7) is 3.55. The second-order valence-electron chi connectivity index (χ2n) is 6.07. The summed E-state index contributed by atoms with van der Waals surface area (Å²) in [6, 6.07) is 21.7. The predicted molar refractivity (Wildman–Crippen MR) is 99.1 cm³/mol. The molecule has 1 N–H and O–H groups in total. The van der Waals surface area contributed by atoms with E-state index in [-0.39, 0.29) is 5.91 Å². The van der Waals surface area contributed by atoms with Crippen molar-refractivity contribution in [1.29, 1.82) is 0 Å². The average Bonchev–Trinajstić information content (AvgIpc) is 3.11. The highest BCUT2D eigenvalue weighted by Crippen LogP contribution is 2.14. The number of furan rings is 1. The van der Waals surface area contributed by atoms with Crippen LogP contribution >= 0.6 is 0 Å². The molecule has 0 aliphatic heterocycles. The number of hydrogen-bond donors (Lipinski definition) is 1. The lowest BCUT2D eigenvalue weighted by molar-refractivity contribution is -0.117. The standard InChI is InChI=1S/C21H22N2O2/c1-17-8-5-6-12-20(17)22-21(24)16-23(15-19-11-7-13-25-19)14-18-9-3-2-4-10-18/h2-13H,14-16H2,1H3,(H,22,24). The van der Waals surface area contributed by atoms with Gasteiger partial charge in [0.05, 0.1) is 19.4 Å². The van der Waals surface area contributed by atoms with Crippen LogP contribution in [0.3, 0.4) is 0 Å². The fraction of sp³-hybridized carbons (Fsp3) is 0.190. The molecule has 1 amide bonds. The van der Waals surface area contributed by atoms with E-state index in [0.717, 1.165) is 22.6 Å². The van der Waals surface area contributed by atoms with Crippen LogP contribution in [0.25, 0.3) is 0 Å². The molecule has 1 heterocycles. The van der Waals surface area contributed by atoms with Gasteiger partial charge in [0.25, 0.3) is 0 Å². The first-order valence-corrected chi connectivity index (χ1v) is 8.35. The van der Waals surface area contributed by atoms with Crippen LogP contribution in [0, 0.1) is 6.92 Å². The summed E-state index contributed by atoms with van der Waals surface area (Å²) < 4.78 is 5.45. The summed E-state index contributed by atoms with van der Waals surface area (Å²) in [7, 11) is 0. The molecule has 0 saturated heterocycles. The molecule has 0 fully saturated rings. The topological polar surface area (TPSA) is 45.5 Å². The minimum absolute atomic E-state index is 0.0308. The molecule has 0 radical (unpaired) electrons. The maximum absolute atomic E-state index is 12.5. The fourth-order valence-corrected chi connectivity index (χ4v) is 2.74. The Labute approximate surface area is 148 Å². The molecule has 0 spiro atoms. The number of amides is 1. The summed E-state index contributed by atoms with van der Waals surface area (Å²) >= 11 is 0. The molecule has 4 nitrogen and oxygen atoms in total. The molecule has 0 bridgehead atoms. The van der Waals surface area contributed by atoms with Gasteiger partial charge in [0.2, 0.25) is 5.91 Å². The Balaban J connectivity index is 1.68. The number of aryl methyl sites for hydroxylation is 1. The number of hydrogen-bond acceptors (Lipinski definition) is 3. The highest BCUT2D eigenvalue weighted by Gasteiger charge is 2.14. The molecule has 3 aromatic rings. The van der Waals surface area contributed by atoms with Gasteiger partial charge in [-0.3, -0.25) is 9.69 Å². The third kappa shape index (κ3) is 5.06. The van der Waals surface area contributed by atoms with E-state index in [4.69, 9.17) is 4.42 Å². The lowest BCUT2D eigenvalue weighted by Gasteiger charge is -2.21. The van der Waals surface area contributed by atoms with Crippen LogP contribution in [0.4, 0.5) is 5.69 Å². The van der Waals surface area contributed by atoms with Crippen molar-refractivity contribution in [3.8, 4) is 0 Å². The highest BCUT2D eigenvalue weighted by molar-refractivity contribution is 5.92. The minimum atomic E-state index is -0.0308. The number of benzene rings is 2. The van der Waals surface area contributed by atoms with E-state index < -0.39 is 0 Å². The Hall–Kier alpha value is -2.85. The minimum Gasteiger partial charge on any atom is -0.468 e. The molecule has 25 heavy (non-hydrogen) atoms. The van der Waals surface area contributed by atoms with Crippen LogP contribution in [-0.4, -0.2) is 17.4 Å². The van der Waals surface area contributed by atoms with E-state index in [1.165, 1.54) is 0 Å². The molecule has 1 aromatic heterocycles. The second kappa shape index (κ2) is 8.31. The highest BCUT2D eigenvalue weighted by atomic mass is 16.3. The largest absolute Gasteiger partial charge is 0.468 e. The number of carbonyl (C=O) groups is 1. The Morgan fingerprint density at radius 3 is 2.44 bits per heavy atom. The zero-order valence-electron chi connectivity index (χ0n) is 14.3. The zero-order valence-corrected chi connectivity index (χ0v) is 14.3. The van der Waals surface area contributed by atoms with Crippen molar-refractivity contribution >= 4 is 11.6 Å². The van der Waals surface area contributed by atoms with Crippen LogP contribution in [0.15, 0.2) is 77.4 Å². The molecule has 128 valence electrons. The molecular formula is C21H22N2O2. The Morgan fingerprint density at radius 1 is 0.960 bits per heavy atom. The lowest BCUT2D eigenvalue weighted by atomic mass is 10.2. The van der Waals surface area contributed by atoms with E-state index in [2.05, 4.69) is 22.3 Å². The van der Waals surface area contributed by atoms with Crippen LogP contribution < -0.4 is 5.32 Å². The van der Waals surface area contributed by atoms with Crippen molar-refractivity contribution in [1.82, 2.24) is 4.90 Å². The van der Waals surface area contributed by atoms with Gasteiger partial charge in [0.15, 0.2) is 0 Å².